The van der Waals surface area contributed by atoms with Crippen LogP contribution in [0.4, 0.5) is 0 Å². The van der Waals surface area contributed by atoms with Gasteiger partial charge in [0, 0.05) is 19.9 Å². The van der Waals surface area contributed by atoms with Gasteiger partial charge in [0.15, 0.2) is 0 Å². The van der Waals surface area contributed by atoms with Gasteiger partial charge in [0.05, 0.1) is 12.5 Å². The van der Waals surface area contributed by atoms with Crippen LogP contribution in [0.2, 0.25) is 0 Å². The molecule has 6 nitrogen and oxygen atoms in total. The van der Waals surface area contributed by atoms with Crippen LogP contribution >= 0.6 is 0 Å². The normalized spacial score (nSPS) is 13.0. The summed E-state index contributed by atoms with van der Waals surface area (Å²) in [7, 11) is 0. The van der Waals surface area contributed by atoms with Gasteiger partial charge in [-0.05, 0) is 11.5 Å². The minimum absolute atomic E-state index is 0.00803. The molecule has 2 unspecified atom stereocenters. The van der Waals surface area contributed by atoms with E-state index >= 15 is 0 Å². The van der Waals surface area contributed by atoms with E-state index in [-0.39, 0.29) is 30.6 Å². The summed E-state index contributed by atoms with van der Waals surface area (Å²) in [4.78, 5) is 33.9. The fraction of sp³-hybridized carbons (Fsp3) is 0.438. The van der Waals surface area contributed by atoms with Crippen LogP contribution in [0.25, 0.3) is 0 Å². The van der Waals surface area contributed by atoms with E-state index in [9.17, 15) is 14.4 Å². The number of carboxylic acid groups (broad SMARTS) is 1. The molecule has 22 heavy (non-hydrogen) atoms. The van der Waals surface area contributed by atoms with Crippen molar-refractivity contribution in [3.05, 3.63) is 35.9 Å². The SMILES string of the molecule is CC(=O)NC(CC(=O)NCC(C)CC(=O)O)c1ccccc1. The maximum Gasteiger partial charge on any atom is 0.303 e. The van der Waals surface area contributed by atoms with Crippen molar-refractivity contribution in [1.82, 2.24) is 10.6 Å². The van der Waals surface area contributed by atoms with E-state index in [0.29, 0.717) is 6.54 Å². The Morgan fingerprint density at radius 1 is 1.14 bits per heavy atom. The minimum atomic E-state index is -0.887. The Morgan fingerprint density at radius 3 is 2.32 bits per heavy atom. The molecular weight excluding hydrogens is 284 g/mol. The Hall–Kier alpha value is -2.37. The lowest BCUT2D eigenvalue weighted by molar-refractivity contribution is -0.138. The molecule has 6 heteroatoms. The topological polar surface area (TPSA) is 95.5 Å². The quantitative estimate of drug-likeness (QED) is 0.678. The highest BCUT2D eigenvalue weighted by Crippen LogP contribution is 2.16. The molecular formula is C16H22N2O4. The molecule has 0 saturated heterocycles. The number of hydrogen-bond donors (Lipinski definition) is 3. The highest BCUT2D eigenvalue weighted by Gasteiger charge is 2.17. The van der Waals surface area contributed by atoms with Crippen LogP contribution in [0.5, 0.6) is 0 Å². The second kappa shape index (κ2) is 8.81. The number of rotatable bonds is 8. The Balaban J connectivity index is 2.57. The van der Waals surface area contributed by atoms with Gasteiger partial charge in [-0.3, -0.25) is 14.4 Å². The zero-order valence-corrected chi connectivity index (χ0v) is 12.8. The van der Waals surface area contributed by atoms with Crippen molar-refractivity contribution < 1.29 is 19.5 Å². The van der Waals surface area contributed by atoms with Crippen LogP contribution in [-0.2, 0) is 14.4 Å². The van der Waals surface area contributed by atoms with Crippen LogP contribution in [0.1, 0.15) is 38.3 Å². The number of amides is 2. The first-order valence-corrected chi connectivity index (χ1v) is 7.19. The Labute approximate surface area is 129 Å². The average molecular weight is 306 g/mol. The number of hydrogen-bond acceptors (Lipinski definition) is 3. The number of aliphatic carboxylic acids is 1. The highest BCUT2D eigenvalue weighted by atomic mass is 16.4. The molecule has 0 radical (unpaired) electrons. The predicted molar refractivity (Wildman–Crippen MR) is 82.0 cm³/mol. The fourth-order valence-corrected chi connectivity index (χ4v) is 2.10. The van der Waals surface area contributed by atoms with Gasteiger partial charge in [-0.25, -0.2) is 0 Å². The summed E-state index contributed by atoms with van der Waals surface area (Å²) in [6, 6.07) is 8.85. The van der Waals surface area contributed by atoms with Gasteiger partial charge in [-0.1, -0.05) is 37.3 Å². The van der Waals surface area contributed by atoms with E-state index in [1.807, 2.05) is 30.3 Å². The molecule has 120 valence electrons. The van der Waals surface area contributed by atoms with E-state index in [4.69, 9.17) is 5.11 Å². The molecule has 0 spiro atoms. The Morgan fingerprint density at radius 2 is 1.77 bits per heavy atom. The minimum Gasteiger partial charge on any atom is -0.481 e. The van der Waals surface area contributed by atoms with Gasteiger partial charge in [0.25, 0.3) is 0 Å². The largest absolute Gasteiger partial charge is 0.481 e. The van der Waals surface area contributed by atoms with Crippen LogP contribution < -0.4 is 10.6 Å². The summed E-state index contributed by atoms with van der Waals surface area (Å²) in [6.45, 7) is 3.46. The molecule has 3 N–H and O–H groups in total. The standard InChI is InChI=1S/C16H22N2O4/c1-11(8-16(21)22)10-17-15(20)9-14(18-12(2)19)13-6-4-3-5-7-13/h3-7,11,14H,8-10H2,1-2H3,(H,17,20)(H,18,19)(H,21,22). The lowest BCUT2D eigenvalue weighted by atomic mass is 10.0. The molecule has 2 amide bonds. The molecule has 0 fully saturated rings. The van der Waals surface area contributed by atoms with Crippen molar-refractivity contribution >= 4 is 17.8 Å². The lowest BCUT2D eigenvalue weighted by Crippen LogP contribution is -2.34. The summed E-state index contributed by atoms with van der Waals surface area (Å²) >= 11 is 0. The summed E-state index contributed by atoms with van der Waals surface area (Å²) in [6.07, 6.45) is 0.122. The van der Waals surface area contributed by atoms with Crippen LogP contribution in [0.3, 0.4) is 0 Å². The van der Waals surface area contributed by atoms with Gasteiger partial charge in [0.2, 0.25) is 11.8 Å². The second-order valence-electron chi connectivity index (χ2n) is 5.38. The first kappa shape index (κ1) is 17.7. The maximum absolute atomic E-state index is 12.0. The van der Waals surface area contributed by atoms with E-state index in [2.05, 4.69) is 10.6 Å². The number of benzene rings is 1. The molecule has 0 saturated carbocycles. The van der Waals surface area contributed by atoms with E-state index in [1.165, 1.54) is 6.92 Å². The third kappa shape index (κ3) is 6.88. The zero-order valence-electron chi connectivity index (χ0n) is 12.8. The van der Waals surface area contributed by atoms with Crippen LogP contribution in [0, 0.1) is 5.92 Å². The van der Waals surface area contributed by atoms with Crippen LogP contribution in [0.15, 0.2) is 30.3 Å². The van der Waals surface area contributed by atoms with E-state index in [1.54, 1.807) is 6.92 Å². The molecule has 2 atom stereocenters. The maximum atomic E-state index is 12.0. The van der Waals surface area contributed by atoms with Crippen molar-refractivity contribution in [1.29, 1.82) is 0 Å². The van der Waals surface area contributed by atoms with Crippen molar-refractivity contribution in [3.8, 4) is 0 Å². The number of carbonyl (C=O) groups excluding carboxylic acids is 2. The smallest absolute Gasteiger partial charge is 0.303 e. The molecule has 1 rings (SSSR count). The third-order valence-electron chi connectivity index (χ3n) is 3.14. The monoisotopic (exact) mass is 306 g/mol. The van der Waals surface area contributed by atoms with E-state index in [0.717, 1.165) is 5.56 Å². The number of nitrogens with one attached hydrogen (secondary N) is 2. The van der Waals surface area contributed by atoms with Gasteiger partial charge < -0.3 is 15.7 Å². The summed E-state index contributed by atoms with van der Waals surface area (Å²) in [5.74, 6) is -1.46. The van der Waals surface area contributed by atoms with E-state index < -0.39 is 12.0 Å². The van der Waals surface area contributed by atoms with Gasteiger partial charge >= 0.3 is 5.97 Å². The molecule has 0 bridgehead atoms. The van der Waals surface area contributed by atoms with Crippen molar-refractivity contribution in [2.24, 2.45) is 5.92 Å². The van der Waals surface area contributed by atoms with Gasteiger partial charge in [-0.2, -0.15) is 0 Å². The number of carbonyl (C=O) groups is 3. The molecule has 1 aromatic carbocycles. The Kier molecular flexibility index (Phi) is 7.08. The zero-order chi connectivity index (χ0) is 16.5. The molecule has 0 heterocycles. The molecule has 0 aliphatic carbocycles. The highest BCUT2D eigenvalue weighted by molar-refractivity contribution is 5.79. The molecule has 0 aromatic heterocycles. The first-order chi connectivity index (χ1) is 10.4. The molecule has 0 aliphatic rings. The fourth-order valence-electron chi connectivity index (χ4n) is 2.10. The number of carboxylic acids is 1. The third-order valence-corrected chi connectivity index (χ3v) is 3.14. The predicted octanol–water partition coefficient (Wildman–Crippen LogP) is 1.48. The van der Waals surface area contributed by atoms with Crippen LogP contribution in [-0.4, -0.2) is 29.4 Å². The first-order valence-electron chi connectivity index (χ1n) is 7.19. The van der Waals surface area contributed by atoms with Crippen molar-refractivity contribution in [3.63, 3.8) is 0 Å². The summed E-state index contributed by atoms with van der Waals surface area (Å²) in [5.41, 5.74) is 0.853. The van der Waals surface area contributed by atoms with Crippen molar-refractivity contribution in [2.75, 3.05) is 6.54 Å². The summed E-state index contributed by atoms with van der Waals surface area (Å²) < 4.78 is 0. The van der Waals surface area contributed by atoms with Crippen molar-refractivity contribution in [2.45, 2.75) is 32.7 Å². The molecule has 0 aliphatic heterocycles. The second-order valence-corrected chi connectivity index (χ2v) is 5.38. The van der Waals surface area contributed by atoms with Gasteiger partial charge in [-0.15, -0.1) is 0 Å². The van der Waals surface area contributed by atoms with Gasteiger partial charge in [0.1, 0.15) is 0 Å². The molecule has 1 aromatic rings. The average Bonchev–Trinajstić information content (AvgIpc) is 2.44. The lowest BCUT2D eigenvalue weighted by Gasteiger charge is -2.18. The summed E-state index contributed by atoms with van der Waals surface area (Å²) in [5, 5.41) is 14.1. The Bertz CT molecular complexity index is 516.